The second kappa shape index (κ2) is 7.31. The Morgan fingerprint density at radius 3 is 2.65 bits per heavy atom. The van der Waals surface area contributed by atoms with Gasteiger partial charge in [0.15, 0.2) is 0 Å². The topological polar surface area (TPSA) is 59.0 Å². The second-order valence-corrected chi connectivity index (χ2v) is 6.07. The summed E-state index contributed by atoms with van der Waals surface area (Å²) >= 11 is 0. The highest BCUT2D eigenvalue weighted by molar-refractivity contribution is 5.74. The highest BCUT2D eigenvalue weighted by Crippen LogP contribution is 2.20. The molecule has 0 saturated carbocycles. The van der Waals surface area contributed by atoms with Crippen molar-refractivity contribution in [1.29, 1.82) is 0 Å². The summed E-state index contributed by atoms with van der Waals surface area (Å²) in [6, 6.07) is 8.13. The van der Waals surface area contributed by atoms with Gasteiger partial charge >= 0.3 is 6.03 Å². The third kappa shape index (κ3) is 4.34. The summed E-state index contributed by atoms with van der Waals surface area (Å²) in [5.74, 6) is 0. The Bertz CT molecular complexity index is 690. The van der Waals surface area contributed by atoms with Crippen molar-refractivity contribution >= 4 is 6.03 Å². The molecule has 0 aliphatic rings. The van der Waals surface area contributed by atoms with Gasteiger partial charge in [-0.25, -0.2) is 4.79 Å². The Hall–Kier alpha value is -2.30. The molecule has 0 bridgehead atoms. The summed E-state index contributed by atoms with van der Waals surface area (Å²) in [5.41, 5.74) is 5.59. The average molecular weight is 314 g/mol. The van der Waals surface area contributed by atoms with Gasteiger partial charge in [-0.3, -0.25) is 4.68 Å². The molecule has 0 unspecified atom stereocenters. The van der Waals surface area contributed by atoms with Gasteiger partial charge in [-0.2, -0.15) is 5.10 Å². The number of hydrogen-bond acceptors (Lipinski definition) is 2. The molecule has 124 valence electrons. The summed E-state index contributed by atoms with van der Waals surface area (Å²) in [6.07, 6.45) is 0.828. The fourth-order valence-corrected chi connectivity index (χ4v) is 2.92. The highest BCUT2D eigenvalue weighted by atomic mass is 16.2. The number of rotatable bonds is 5. The minimum absolute atomic E-state index is 0.0670. The predicted molar refractivity (Wildman–Crippen MR) is 92.5 cm³/mol. The molecule has 2 amide bonds. The fourth-order valence-electron chi connectivity index (χ4n) is 2.92. The third-order valence-electron chi connectivity index (χ3n) is 4.13. The summed E-state index contributed by atoms with van der Waals surface area (Å²) in [5, 5.41) is 10.3. The van der Waals surface area contributed by atoms with Crippen LogP contribution >= 0.6 is 0 Å². The monoisotopic (exact) mass is 314 g/mol. The number of aryl methyl sites for hydroxylation is 3. The van der Waals surface area contributed by atoms with Gasteiger partial charge < -0.3 is 10.6 Å². The lowest BCUT2D eigenvalue weighted by Gasteiger charge is -2.15. The lowest BCUT2D eigenvalue weighted by atomic mass is 10.1. The average Bonchev–Trinajstić information content (AvgIpc) is 2.72. The summed E-state index contributed by atoms with van der Waals surface area (Å²) in [4.78, 5) is 12.1. The largest absolute Gasteiger partial charge is 0.338 e. The molecule has 0 aliphatic carbocycles. The number of nitrogens with zero attached hydrogens (tertiary/aromatic N) is 2. The first-order chi connectivity index (χ1) is 10.9. The van der Waals surface area contributed by atoms with Gasteiger partial charge in [-0.05, 0) is 39.7 Å². The van der Waals surface area contributed by atoms with E-state index < -0.39 is 0 Å². The van der Waals surface area contributed by atoms with Crippen molar-refractivity contribution < 1.29 is 4.79 Å². The minimum Gasteiger partial charge on any atom is -0.338 e. The molecule has 1 atom stereocenters. The second-order valence-electron chi connectivity index (χ2n) is 6.07. The van der Waals surface area contributed by atoms with Crippen LogP contribution in [0.5, 0.6) is 0 Å². The molecule has 2 N–H and O–H groups in total. The van der Waals surface area contributed by atoms with Crippen LogP contribution in [0, 0.1) is 20.8 Å². The van der Waals surface area contributed by atoms with E-state index >= 15 is 0 Å². The van der Waals surface area contributed by atoms with Crippen molar-refractivity contribution in [1.82, 2.24) is 20.4 Å². The van der Waals surface area contributed by atoms with Gasteiger partial charge in [-0.15, -0.1) is 0 Å². The van der Waals surface area contributed by atoms with Gasteiger partial charge in [0.2, 0.25) is 0 Å². The molecule has 5 heteroatoms. The first-order valence-corrected chi connectivity index (χ1v) is 7.98. The molecule has 2 aromatic rings. The first-order valence-electron chi connectivity index (χ1n) is 7.98. The van der Waals surface area contributed by atoms with Crippen LogP contribution < -0.4 is 10.6 Å². The molecule has 0 fully saturated rings. The molecule has 23 heavy (non-hydrogen) atoms. The van der Waals surface area contributed by atoms with Crippen LogP contribution in [0.2, 0.25) is 0 Å². The molecule has 1 aromatic carbocycles. The number of carbonyl (C=O) groups excluding carboxylic acids is 1. The first kappa shape index (κ1) is 17.1. The molecule has 5 nitrogen and oxygen atoms in total. The van der Waals surface area contributed by atoms with E-state index in [4.69, 9.17) is 0 Å². The van der Waals surface area contributed by atoms with Gasteiger partial charge in [0.1, 0.15) is 0 Å². The van der Waals surface area contributed by atoms with E-state index in [1.807, 2.05) is 38.6 Å². The normalized spacial score (nSPS) is 12.0. The van der Waals surface area contributed by atoms with Crippen molar-refractivity contribution in [2.75, 3.05) is 6.54 Å². The van der Waals surface area contributed by atoms with E-state index in [0.717, 1.165) is 23.4 Å². The fraction of sp³-hybridized carbons (Fsp3) is 0.444. The Morgan fingerprint density at radius 1 is 1.30 bits per heavy atom. The van der Waals surface area contributed by atoms with E-state index in [9.17, 15) is 4.79 Å². The van der Waals surface area contributed by atoms with Gasteiger partial charge in [-0.1, -0.05) is 29.8 Å². The van der Waals surface area contributed by atoms with E-state index in [0.29, 0.717) is 6.54 Å². The predicted octanol–water partition coefficient (Wildman–Crippen LogP) is 2.95. The number of benzene rings is 1. The standard InChI is InChI=1S/C18H26N4O/c1-12-7-6-8-16(11-12)9-10-19-18(23)20-13(2)17-14(3)21-22(5)15(17)4/h6-8,11,13H,9-10H2,1-5H3,(H2,19,20,23)/t13-/m1/s1. The summed E-state index contributed by atoms with van der Waals surface area (Å²) in [7, 11) is 1.92. The van der Waals surface area contributed by atoms with Gasteiger partial charge in [0.25, 0.3) is 0 Å². The van der Waals surface area contributed by atoms with Crippen LogP contribution in [-0.2, 0) is 13.5 Å². The molecule has 0 radical (unpaired) electrons. The Morgan fingerprint density at radius 2 is 2.04 bits per heavy atom. The lowest BCUT2D eigenvalue weighted by Crippen LogP contribution is -2.38. The zero-order valence-corrected chi connectivity index (χ0v) is 14.6. The molecular formula is C18H26N4O. The van der Waals surface area contributed by atoms with Crippen LogP contribution in [-0.4, -0.2) is 22.4 Å². The lowest BCUT2D eigenvalue weighted by molar-refractivity contribution is 0.238. The van der Waals surface area contributed by atoms with E-state index in [1.165, 1.54) is 11.1 Å². The van der Waals surface area contributed by atoms with Crippen molar-refractivity contribution in [3.8, 4) is 0 Å². The molecule has 0 saturated heterocycles. The maximum atomic E-state index is 12.1. The van der Waals surface area contributed by atoms with Crippen LogP contribution in [0.4, 0.5) is 4.79 Å². The third-order valence-corrected chi connectivity index (χ3v) is 4.13. The van der Waals surface area contributed by atoms with Crippen molar-refractivity contribution in [3.63, 3.8) is 0 Å². The smallest absolute Gasteiger partial charge is 0.315 e. The highest BCUT2D eigenvalue weighted by Gasteiger charge is 2.17. The minimum atomic E-state index is -0.146. The number of amides is 2. The van der Waals surface area contributed by atoms with Gasteiger partial charge in [0, 0.05) is 24.8 Å². The number of carbonyl (C=O) groups is 1. The SMILES string of the molecule is Cc1cccc(CCNC(=O)N[C@H](C)c2c(C)nn(C)c2C)c1. The number of nitrogens with one attached hydrogen (secondary N) is 2. The molecule has 0 spiro atoms. The van der Waals surface area contributed by atoms with E-state index in [1.54, 1.807) is 0 Å². The summed E-state index contributed by atoms with van der Waals surface area (Å²) in [6.45, 7) is 8.66. The Kier molecular flexibility index (Phi) is 5.42. The quantitative estimate of drug-likeness (QED) is 0.891. The maximum Gasteiger partial charge on any atom is 0.315 e. The summed E-state index contributed by atoms with van der Waals surface area (Å²) < 4.78 is 1.85. The van der Waals surface area contributed by atoms with Gasteiger partial charge in [0.05, 0.1) is 11.7 Å². The van der Waals surface area contributed by atoms with Crippen molar-refractivity contribution in [2.45, 2.75) is 40.2 Å². The maximum absolute atomic E-state index is 12.1. The number of hydrogen-bond donors (Lipinski definition) is 2. The van der Waals surface area contributed by atoms with E-state index in [2.05, 4.69) is 40.9 Å². The van der Waals surface area contributed by atoms with E-state index in [-0.39, 0.29) is 12.1 Å². The van der Waals surface area contributed by atoms with Crippen LogP contribution in [0.25, 0.3) is 0 Å². The zero-order chi connectivity index (χ0) is 17.0. The van der Waals surface area contributed by atoms with Crippen molar-refractivity contribution in [3.05, 3.63) is 52.3 Å². The Labute approximate surface area is 138 Å². The van der Waals surface area contributed by atoms with Crippen molar-refractivity contribution in [2.24, 2.45) is 7.05 Å². The number of urea groups is 1. The van der Waals surface area contributed by atoms with Crippen LogP contribution in [0.15, 0.2) is 24.3 Å². The molecule has 1 aromatic heterocycles. The number of aromatic nitrogens is 2. The molecule has 1 heterocycles. The van der Waals surface area contributed by atoms with Crippen LogP contribution in [0.3, 0.4) is 0 Å². The molecule has 0 aliphatic heterocycles. The van der Waals surface area contributed by atoms with Crippen LogP contribution in [0.1, 0.15) is 41.0 Å². The molecular weight excluding hydrogens is 288 g/mol. The Balaban J connectivity index is 1.85. The molecule has 2 rings (SSSR count). The zero-order valence-electron chi connectivity index (χ0n) is 14.6.